The number of hydrogen-bond donors (Lipinski definition) is 1. The lowest BCUT2D eigenvalue weighted by Gasteiger charge is -2.23. The zero-order chi connectivity index (χ0) is 13.9. The molecule has 0 aliphatic carbocycles. The second kappa shape index (κ2) is 5.39. The molecule has 0 spiro atoms. The van der Waals surface area contributed by atoms with Gasteiger partial charge in [0.15, 0.2) is 0 Å². The Balaban J connectivity index is 2.16. The van der Waals surface area contributed by atoms with Crippen LogP contribution in [0.15, 0.2) is 48.5 Å². The Morgan fingerprint density at radius 3 is 2.65 bits per heavy atom. The SMILES string of the molecule is COc1ccc2c(c1)=COC(c1ccccc1)C=2CO. The first-order chi connectivity index (χ1) is 9.83. The summed E-state index contributed by atoms with van der Waals surface area (Å²) in [7, 11) is 1.63. The molecular formula is C17H16O3. The fourth-order valence-electron chi connectivity index (χ4n) is 2.50. The van der Waals surface area contributed by atoms with Gasteiger partial charge in [0, 0.05) is 10.8 Å². The zero-order valence-corrected chi connectivity index (χ0v) is 11.2. The van der Waals surface area contributed by atoms with Crippen molar-refractivity contribution in [1.29, 1.82) is 0 Å². The third kappa shape index (κ3) is 2.17. The van der Waals surface area contributed by atoms with Crippen LogP contribution in [0.25, 0.3) is 11.8 Å². The van der Waals surface area contributed by atoms with E-state index in [-0.39, 0.29) is 12.7 Å². The fourth-order valence-corrected chi connectivity index (χ4v) is 2.50. The lowest BCUT2D eigenvalue weighted by molar-refractivity contribution is 0.216. The highest BCUT2D eigenvalue weighted by molar-refractivity contribution is 5.57. The molecule has 1 unspecified atom stereocenters. The van der Waals surface area contributed by atoms with Gasteiger partial charge in [0.25, 0.3) is 0 Å². The summed E-state index contributed by atoms with van der Waals surface area (Å²) in [5.74, 6) is 0.777. The van der Waals surface area contributed by atoms with E-state index in [1.54, 1.807) is 13.4 Å². The Labute approximate surface area is 117 Å². The maximum Gasteiger partial charge on any atom is 0.147 e. The molecule has 102 valence electrons. The molecule has 0 amide bonds. The first-order valence-electron chi connectivity index (χ1n) is 6.52. The normalized spacial score (nSPS) is 16.9. The minimum Gasteiger partial charge on any atom is -0.497 e. The van der Waals surface area contributed by atoms with Gasteiger partial charge in [0.2, 0.25) is 0 Å². The molecule has 0 saturated heterocycles. The minimum atomic E-state index is -0.234. The second-order valence-electron chi connectivity index (χ2n) is 4.68. The van der Waals surface area contributed by atoms with Crippen LogP contribution in [0, 0.1) is 0 Å². The van der Waals surface area contributed by atoms with E-state index < -0.39 is 0 Å². The lowest BCUT2D eigenvalue weighted by Crippen LogP contribution is -2.34. The lowest BCUT2D eigenvalue weighted by atomic mass is 9.97. The van der Waals surface area contributed by atoms with Gasteiger partial charge in [-0.3, -0.25) is 0 Å². The molecule has 1 aliphatic rings. The average molecular weight is 268 g/mol. The van der Waals surface area contributed by atoms with Crippen LogP contribution < -0.4 is 15.2 Å². The van der Waals surface area contributed by atoms with E-state index in [0.29, 0.717) is 0 Å². The summed E-state index contributed by atoms with van der Waals surface area (Å²) >= 11 is 0. The van der Waals surface area contributed by atoms with Crippen LogP contribution in [0.3, 0.4) is 0 Å². The number of benzene rings is 2. The molecule has 3 nitrogen and oxygen atoms in total. The van der Waals surface area contributed by atoms with Crippen molar-refractivity contribution in [1.82, 2.24) is 0 Å². The summed E-state index contributed by atoms with van der Waals surface area (Å²) in [6.45, 7) is -0.0350. The predicted molar refractivity (Wildman–Crippen MR) is 77.5 cm³/mol. The van der Waals surface area contributed by atoms with Gasteiger partial charge >= 0.3 is 0 Å². The molecule has 2 aromatic rings. The van der Waals surface area contributed by atoms with Crippen LogP contribution in [0.1, 0.15) is 11.7 Å². The highest BCUT2D eigenvalue weighted by Crippen LogP contribution is 2.27. The third-order valence-corrected chi connectivity index (χ3v) is 3.52. The van der Waals surface area contributed by atoms with Crippen molar-refractivity contribution in [3.8, 4) is 5.75 Å². The van der Waals surface area contributed by atoms with Crippen LogP contribution in [-0.4, -0.2) is 18.8 Å². The number of aliphatic hydroxyl groups is 1. The minimum absolute atomic E-state index is 0.0350. The number of ether oxygens (including phenoxy) is 2. The van der Waals surface area contributed by atoms with Crippen molar-refractivity contribution < 1.29 is 14.6 Å². The number of fused-ring (bicyclic) bond motifs is 1. The van der Waals surface area contributed by atoms with Crippen molar-refractivity contribution in [3.05, 3.63) is 64.5 Å². The molecule has 0 saturated carbocycles. The van der Waals surface area contributed by atoms with Crippen LogP contribution in [-0.2, 0) is 4.74 Å². The van der Waals surface area contributed by atoms with E-state index in [1.807, 2.05) is 48.5 Å². The van der Waals surface area contributed by atoms with E-state index in [2.05, 4.69) is 0 Å². The van der Waals surface area contributed by atoms with Crippen LogP contribution >= 0.6 is 0 Å². The largest absolute Gasteiger partial charge is 0.497 e. The molecule has 0 radical (unpaired) electrons. The summed E-state index contributed by atoms with van der Waals surface area (Å²) in [6, 6.07) is 15.7. The van der Waals surface area contributed by atoms with Crippen molar-refractivity contribution in [3.63, 3.8) is 0 Å². The van der Waals surface area contributed by atoms with E-state index in [0.717, 1.165) is 27.3 Å². The molecule has 1 aliphatic heterocycles. The summed E-state index contributed by atoms with van der Waals surface area (Å²) in [4.78, 5) is 0. The van der Waals surface area contributed by atoms with Crippen molar-refractivity contribution >= 4 is 11.8 Å². The summed E-state index contributed by atoms with van der Waals surface area (Å²) < 4.78 is 11.0. The topological polar surface area (TPSA) is 38.7 Å². The predicted octanol–water partition coefficient (Wildman–Crippen LogP) is 1.35. The Hall–Kier alpha value is -2.26. The molecular weight excluding hydrogens is 252 g/mol. The highest BCUT2D eigenvalue weighted by Gasteiger charge is 2.20. The number of rotatable bonds is 3. The summed E-state index contributed by atoms with van der Waals surface area (Å²) in [5, 5.41) is 11.7. The van der Waals surface area contributed by atoms with E-state index in [1.165, 1.54) is 0 Å². The van der Waals surface area contributed by atoms with E-state index in [9.17, 15) is 5.11 Å². The third-order valence-electron chi connectivity index (χ3n) is 3.52. The summed E-state index contributed by atoms with van der Waals surface area (Å²) in [5.41, 5.74) is 1.91. The maximum atomic E-state index is 9.73. The molecule has 3 rings (SSSR count). The van der Waals surface area contributed by atoms with Gasteiger partial charge in [-0.05, 0) is 22.9 Å². The smallest absolute Gasteiger partial charge is 0.147 e. The number of methoxy groups -OCH3 is 1. The number of hydrogen-bond acceptors (Lipinski definition) is 3. The van der Waals surface area contributed by atoms with Crippen LogP contribution in [0.5, 0.6) is 5.75 Å². The van der Waals surface area contributed by atoms with Crippen molar-refractivity contribution in [2.75, 3.05) is 13.7 Å². The van der Waals surface area contributed by atoms with Gasteiger partial charge < -0.3 is 14.6 Å². The standard InChI is InChI=1S/C17H16O3/c1-19-14-7-8-15-13(9-14)11-20-17(16(15)10-18)12-5-3-2-4-6-12/h2-9,11,17-18H,10H2,1H3. The Morgan fingerprint density at radius 1 is 1.15 bits per heavy atom. The van der Waals surface area contributed by atoms with Crippen molar-refractivity contribution in [2.45, 2.75) is 6.10 Å². The van der Waals surface area contributed by atoms with Gasteiger partial charge in [-0.25, -0.2) is 0 Å². The first kappa shape index (κ1) is 12.8. The fraction of sp³-hybridized carbons (Fsp3) is 0.176. The quantitative estimate of drug-likeness (QED) is 0.913. The number of aliphatic hydroxyl groups excluding tert-OH is 1. The molecule has 0 bridgehead atoms. The van der Waals surface area contributed by atoms with Gasteiger partial charge in [-0.15, -0.1) is 0 Å². The van der Waals surface area contributed by atoms with Crippen molar-refractivity contribution in [2.24, 2.45) is 0 Å². The Kier molecular flexibility index (Phi) is 3.44. The van der Waals surface area contributed by atoms with Gasteiger partial charge in [0.1, 0.15) is 11.9 Å². The Morgan fingerprint density at radius 2 is 1.95 bits per heavy atom. The van der Waals surface area contributed by atoms with Crippen LogP contribution in [0.4, 0.5) is 0 Å². The van der Waals surface area contributed by atoms with Gasteiger partial charge in [-0.2, -0.15) is 0 Å². The molecule has 1 atom stereocenters. The molecule has 0 aromatic heterocycles. The summed E-state index contributed by atoms with van der Waals surface area (Å²) in [6.07, 6.45) is 1.50. The van der Waals surface area contributed by atoms with Crippen LogP contribution in [0.2, 0.25) is 0 Å². The zero-order valence-electron chi connectivity index (χ0n) is 11.2. The first-order valence-corrected chi connectivity index (χ1v) is 6.52. The molecule has 3 heteroatoms. The monoisotopic (exact) mass is 268 g/mol. The highest BCUT2D eigenvalue weighted by atomic mass is 16.5. The molecule has 1 N–H and O–H groups in total. The molecule has 20 heavy (non-hydrogen) atoms. The average Bonchev–Trinajstić information content (AvgIpc) is 2.53. The van der Waals surface area contributed by atoms with E-state index >= 15 is 0 Å². The van der Waals surface area contributed by atoms with Gasteiger partial charge in [-0.1, -0.05) is 36.4 Å². The maximum absolute atomic E-state index is 9.73. The molecule has 2 aromatic carbocycles. The molecule has 0 fully saturated rings. The Bertz CT molecular complexity index is 720. The van der Waals surface area contributed by atoms with Gasteiger partial charge in [0.05, 0.1) is 20.0 Å². The molecule has 1 heterocycles. The second-order valence-corrected chi connectivity index (χ2v) is 4.68. The van der Waals surface area contributed by atoms with E-state index in [4.69, 9.17) is 9.47 Å².